The summed E-state index contributed by atoms with van der Waals surface area (Å²) in [5.74, 6) is 7.22. The van der Waals surface area contributed by atoms with E-state index in [0.717, 1.165) is 12.8 Å². The second kappa shape index (κ2) is 16.9. The van der Waals surface area contributed by atoms with Gasteiger partial charge in [-0.1, -0.05) is 31.8 Å². The van der Waals surface area contributed by atoms with Crippen LogP contribution in [-0.2, 0) is 9.53 Å². The zero-order valence-electron chi connectivity index (χ0n) is 23.7. The van der Waals surface area contributed by atoms with Crippen molar-refractivity contribution in [2.45, 2.75) is 44.0 Å². The molecule has 41 heavy (non-hydrogen) atoms. The first-order valence-corrected chi connectivity index (χ1v) is 14.2. The summed E-state index contributed by atoms with van der Waals surface area (Å²) in [5, 5.41) is 4.68. The fraction of sp³-hybridized carbons (Fsp3) is 0.464. The maximum Gasteiger partial charge on any atom is 1.00 e. The molecule has 0 spiro atoms. The van der Waals surface area contributed by atoms with E-state index in [1.54, 1.807) is 23.2 Å². The Hall–Kier alpha value is -1.60. The number of alkyl halides is 2. The maximum atomic E-state index is 13.5. The number of carbonyl (C=O) groups is 1. The van der Waals surface area contributed by atoms with Crippen LogP contribution in [0.2, 0.25) is 0 Å². The molecule has 2 aromatic rings. The number of amides is 1. The molecule has 3 fully saturated rings. The van der Waals surface area contributed by atoms with Crippen LogP contribution in [0.5, 0.6) is 5.75 Å². The molecule has 3 aliphatic rings. The number of hydrogen-bond acceptors (Lipinski definition) is 8. The smallest absolute Gasteiger partial charge is 0.658 e. The Bertz CT molecular complexity index is 1270. The van der Waals surface area contributed by atoms with E-state index in [1.165, 1.54) is 31.1 Å². The van der Waals surface area contributed by atoms with Crippen LogP contribution in [0.1, 0.15) is 44.5 Å². The third-order valence-electron chi connectivity index (χ3n) is 6.08. The molecule has 2 saturated heterocycles. The van der Waals surface area contributed by atoms with Gasteiger partial charge < -0.3 is 19.7 Å². The van der Waals surface area contributed by atoms with Gasteiger partial charge in [0.1, 0.15) is 23.4 Å². The van der Waals surface area contributed by atoms with Crippen molar-refractivity contribution in [2.75, 3.05) is 33.4 Å². The van der Waals surface area contributed by atoms with Gasteiger partial charge in [-0.15, -0.1) is 17.4 Å². The van der Waals surface area contributed by atoms with Crippen LogP contribution in [0.15, 0.2) is 30.6 Å². The number of thioether (sulfide) groups is 1. The van der Waals surface area contributed by atoms with Gasteiger partial charge in [0.25, 0.3) is 6.43 Å². The molecule has 2 unspecified atom stereocenters. The van der Waals surface area contributed by atoms with Gasteiger partial charge >= 0.3 is 51.4 Å². The fourth-order valence-corrected chi connectivity index (χ4v) is 4.73. The fourth-order valence-electron chi connectivity index (χ4n) is 3.89. The third kappa shape index (κ3) is 9.70. The van der Waals surface area contributed by atoms with Crippen molar-refractivity contribution >= 4 is 29.4 Å². The largest absolute Gasteiger partial charge is 1.00 e. The van der Waals surface area contributed by atoms with Gasteiger partial charge in [0.15, 0.2) is 0 Å². The summed E-state index contributed by atoms with van der Waals surface area (Å²) < 4.78 is 37.7. The normalized spacial score (nSPS) is 20.1. The number of pyridine rings is 2. The molecule has 0 bridgehead atoms. The number of rotatable bonds is 8. The van der Waals surface area contributed by atoms with Crippen molar-refractivity contribution < 1.29 is 74.4 Å². The van der Waals surface area contributed by atoms with E-state index in [9.17, 15) is 13.6 Å². The molecular formula is C28H33F2KN6O3S. The van der Waals surface area contributed by atoms with Crippen molar-refractivity contribution in [1.82, 2.24) is 25.7 Å². The van der Waals surface area contributed by atoms with E-state index >= 15 is 0 Å². The van der Waals surface area contributed by atoms with E-state index in [1.807, 2.05) is 19.9 Å². The second-order valence-corrected chi connectivity index (χ2v) is 10.1. The predicted molar refractivity (Wildman–Crippen MR) is 152 cm³/mol. The summed E-state index contributed by atoms with van der Waals surface area (Å²) in [4.78, 5) is 22.0. The number of aromatic nitrogens is 2. The van der Waals surface area contributed by atoms with E-state index in [4.69, 9.17) is 14.8 Å². The van der Waals surface area contributed by atoms with Crippen LogP contribution in [-0.4, -0.2) is 65.1 Å². The predicted octanol–water partition coefficient (Wildman–Crippen LogP) is 1.86. The molecule has 9 nitrogen and oxygen atoms in total. The van der Waals surface area contributed by atoms with E-state index < -0.39 is 6.43 Å². The van der Waals surface area contributed by atoms with Crippen molar-refractivity contribution in [3.05, 3.63) is 47.3 Å². The minimum Gasteiger partial charge on any atom is -0.658 e. The minimum atomic E-state index is -2.74. The Labute approximate surface area is 286 Å². The molecule has 4 heterocycles. The third-order valence-corrected chi connectivity index (χ3v) is 7.07. The van der Waals surface area contributed by atoms with Crippen LogP contribution < -0.4 is 67.0 Å². The molecule has 13 heteroatoms. The second-order valence-electron chi connectivity index (χ2n) is 8.88. The van der Waals surface area contributed by atoms with Crippen molar-refractivity contribution in [3.63, 3.8) is 0 Å². The van der Waals surface area contributed by atoms with Crippen LogP contribution in [0, 0.1) is 17.8 Å². The summed E-state index contributed by atoms with van der Waals surface area (Å²) in [6.07, 6.45) is 6.07. The number of methoxy groups -OCH3 is 1. The van der Waals surface area contributed by atoms with Gasteiger partial charge in [0.2, 0.25) is 5.91 Å². The van der Waals surface area contributed by atoms with Crippen molar-refractivity contribution in [3.8, 4) is 28.7 Å². The molecule has 2 atom stereocenters. The molecule has 1 amide bonds. The van der Waals surface area contributed by atoms with Gasteiger partial charge in [0, 0.05) is 30.8 Å². The summed E-state index contributed by atoms with van der Waals surface area (Å²) in [5.41, 5.74) is 7.60. The summed E-state index contributed by atoms with van der Waals surface area (Å²) in [6.45, 7) is 5.52. The number of hydrogen-bond donors (Lipinski definition) is 2. The van der Waals surface area contributed by atoms with E-state index in [0.29, 0.717) is 53.9 Å². The quantitative estimate of drug-likeness (QED) is 0.345. The number of halogens is 2. The Morgan fingerprint density at radius 2 is 2.02 bits per heavy atom. The first-order chi connectivity index (χ1) is 19.5. The Morgan fingerprint density at radius 1 is 1.22 bits per heavy atom. The molecule has 0 radical (unpaired) electrons. The van der Waals surface area contributed by atoms with Crippen LogP contribution in [0.4, 0.5) is 14.5 Å². The monoisotopic (exact) mass is 610 g/mol. The van der Waals surface area contributed by atoms with Crippen molar-refractivity contribution in [2.24, 2.45) is 5.92 Å². The van der Waals surface area contributed by atoms with Gasteiger partial charge in [-0.2, -0.15) is 0 Å². The number of ether oxygens (including phenoxy) is 2. The van der Waals surface area contributed by atoms with Crippen LogP contribution >= 0.6 is 11.8 Å². The Balaban J connectivity index is 0.00000151. The van der Waals surface area contributed by atoms with Gasteiger partial charge in [-0.05, 0) is 42.1 Å². The number of hydrazine groups is 1. The minimum absolute atomic E-state index is 0. The first-order valence-electron chi connectivity index (χ1n) is 13.2. The molecular weight excluding hydrogens is 578 g/mol. The zero-order valence-corrected chi connectivity index (χ0v) is 27.6. The SMILES string of the molecule is CC.COc1cnc(C(F)F)cc1-c1cc(C=CCN2CCOCC2=O)ncc1[N-]C1NNC(C#CC2CC2)S1.[K+]. The van der Waals surface area contributed by atoms with E-state index in [-0.39, 0.29) is 80.5 Å². The first kappa shape index (κ1) is 33.9. The summed E-state index contributed by atoms with van der Waals surface area (Å²) in [6, 6.07) is 3.08. The molecule has 2 aliphatic heterocycles. The van der Waals surface area contributed by atoms with Crippen LogP contribution in [0.3, 0.4) is 0 Å². The maximum absolute atomic E-state index is 13.5. The van der Waals surface area contributed by atoms with Gasteiger partial charge in [0.05, 0.1) is 25.6 Å². The van der Waals surface area contributed by atoms with E-state index in [2.05, 4.69) is 32.7 Å². The Morgan fingerprint density at radius 3 is 2.73 bits per heavy atom. The number of nitrogens with zero attached hydrogens (tertiary/aromatic N) is 4. The number of carbonyl (C=O) groups excluding carboxylic acids is 1. The summed E-state index contributed by atoms with van der Waals surface area (Å²) in [7, 11) is 1.46. The number of nitrogens with one attached hydrogen (secondary N) is 2. The molecule has 1 aliphatic carbocycles. The topological polar surface area (TPSA) is 103 Å². The van der Waals surface area contributed by atoms with Gasteiger partial charge in [-0.3, -0.25) is 20.2 Å². The average Bonchev–Trinajstić information content (AvgIpc) is 3.71. The molecule has 214 valence electrons. The summed E-state index contributed by atoms with van der Waals surface area (Å²) >= 11 is 1.52. The Kier molecular flexibility index (Phi) is 14.0. The molecule has 5 rings (SSSR count). The van der Waals surface area contributed by atoms with Gasteiger partial charge in [-0.25, -0.2) is 14.2 Å². The van der Waals surface area contributed by atoms with Crippen LogP contribution in [0.25, 0.3) is 22.5 Å². The molecule has 0 aromatic carbocycles. The molecule has 2 aromatic heterocycles. The zero-order chi connectivity index (χ0) is 28.5. The molecule has 1 saturated carbocycles. The van der Waals surface area contributed by atoms with Crippen molar-refractivity contribution in [1.29, 1.82) is 0 Å². The average molecular weight is 611 g/mol. The molecule has 2 N–H and O–H groups in total. The standard InChI is InChI=1S/C26H27F2N6O3S.C2H6.K/c1-36-22-14-30-20(25(27)28)12-19(22)18-11-17(3-2-8-34-9-10-37-15-24(34)35)29-13-21(18)31-26-33-32-23(38-26)7-6-16-4-5-16;1-2;/h2-3,11-14,16,23,25-26,32-33H,4-5,8-10,15H2,1H3;1-2H3;/q-1;;+1. The number of morpholine rings is 1.